The first-order valence-corrected chi connectivity index (χ1v) is 14.2. The largest absolute Gasteiger partial charge is 0.476 e. The van der Waals surface area contributed by atoms with Gasteiger partial charge in [-0.25, -0.2) is 4.79 Å². The SMILES string of the molecule is CCCCCCCCN(CCCc1ccccc1OC(C)(C)C(=O)OC(C)(C)C)c1nc2ccccc2o1. The first-order valence-electron chi connectivity index (χ1n) is 14.2. The predicted octanol–water partition coefficient (Wildman–Crippen LogP) is 8.13. The molecule has 0 aliphatic rings. The quantitative estimate of drug-likeness (QED) is 0.148. The van der Waals surface area contributed by atoms with Gasteiger partial charge >= 0.3 is 5.97 Å². The number of carbonyl (C=O) groups excluding carboxylic acids is 1. The van der Waals surface area contributed by atoms with Gasteiger partial charge in [0.05, 0.1) is 0 Å². The Morgan fingerprint density at radius 2 is 1.53 bits per heavy atom. The van der Waals surface area contributed by atoms with Crippen molar-refractivity contribution in [3.63, 3.8) is 0 Å². The molecule has 0 saturated heterocycles. The van der Waals surface area contributed by atoms with Crippen LogP contribution < -0.4 is 9.64 Å². The van der Waals surface area contributed by atoms with Gasteiger partial charge in [0.2, 0.25) is 0 Å². The molecular formula is C32H46N2O4. The number of aryl methyl sites for hydroxylation is 1. The van der Waals surface area contributed by atoms with E-state index in [1.807, 2.05) is 63.2 Å². The van der Waals surface area contributed by atoms with Crippen LogP contribution in [0.25, 0.3) is 11.1 Å². The fraction of sp³-hybridized carbons (Fsp3) is 0.562. The number of nitrogens with zero attached hydrogens (tertiary/aromatic N) is 2. The normalized spacial score (nSPS) is 12.1. The van der Waals surface area contributed by atoms with E-state index in [4.69, 9.17) is 18.9 Å². The minimum atomic E-state index is -1.09. The Bertz CT molecular complexity index is 1110. The smallest absolute Gasteiger partial charge is 0.350 e. The first-order chi connectivity index (χ1) is 18.1. The molecule has 0 atom stereocenters. The lowest BCUT2D eigenvalue weighted by Gasteiger charge is -2.30. The number of para-hydroxylation sites is 3. The number of esters is 1. The highest BCUT2D eigenvalue weighted by Crippen LogP contribution is 2.27. The molecule has 0 N–H and O–H groups in total. The number of oxazole rings is 1. The summed E-state index contributed by atoms with van der Waals surface area (Å²) in [7, 11) is 0. The van der Waals surface area contributed by atoms with E-state index in [1.165, 1.54) is 32.1 Å². The van der Waals surface area contributed by atoms with Gasteiger partial charge < -0.3 is 18.8 Å². The van der Waals surface area contributed by atoms with Gasteiger partial charge in [-0.2, -0.15) is 4.98 Å². The molecule has 0 radical (unpaired) electrons. The average molecular weight is 523 g/mol. The van der Waals surface area contributed by atoms with Crippen LogP contribution in [-0.4, -0.2) is 35.2 Å². The molecule has 1 aromatic heterocycles. The molecule has 0 saturated carbocycles. The minimum Gasteiger partial charge on any atom is -0.476 e. The van der Waals surface area contributed by atoms with Crippen LogP contribution in [0.3, 0.4) is 0 Å². The van der Waals surface area contributed by atoms with Gasteiger partial charge in [0.25, 0.3) is 6.01 Å². The fourth-order valence-electron chi connectivity index (χ4n) is 4.37. The van der Waals surface area contributed by atoms with Crippen LogP contribution in [0.2, 0.25) is 0 Å². The van der Waals surface area contributed by atoms with Crippen LogP contribution in [0, 0.1) is 0 Å². The molecule has 0 unspecified atom stereocenters. The van der Waals surface area contributed by atoms with Gasteiger partial charge in [-0.15, -0.1) is 0 Å². The third-order valence-electron chi connectivity index (χ3n) is 6.44. The number of hydrogen-bond acceptors (Lipinski definition) is 6. The molecule has 0 aliphatic carbocycles. The van der Waals surface area contributed by atoms with Gasteiger partial charge in [-0.1, -0.05) is 69.4 Å². The van der Waals surface area contributed by atoms with Crippen molar-refractivity contribution in [2.75, 3.05) is 18.0 Å². The zero-order chi connectivity index (χ0) is 27.6. The second-order valence-electron chi connectivity index (χ2n) is 11.5. The predicted molar refractivity (Wildman–Crippen MR) is 155 cm³/mol. The Morgan fingerprint density at radius 1 is 0.868 bits per heavy atom. The summed E-state index contributed by atoms with van der Waals surface area (Å²) in [6.07, 6.45) is 9.19. The maximum atomic E-state index is 12.7. The molecule has 6 nitrogen and oxygen atoms in total. The van der Waals surface area contributed by atoms with Crippen molar-refractivity contribution in [3.8, 4) is 5.75 Å². The Hall–Kier alpha value is -3.02. The number of fused-ring (bicyclic) bond motifs is 1. The van der Waals surface area contributed by atoms with Gasteiger partial charge in [0.15, 0.2) is 11.2 Å². The Labute approximate surface area is 228 Å². The maximum absolute atomic E-state index is 12.7. The molecule has 3 rings (SSSR count). The van der Waals surface area contributed by atoms with Crippen LogP contribution >= 0.6 is 0 Å². The summed E-state index contributed by atoms with van der Waals surface area (Å²) in [4.78, 5) is 19.8. The lowest BCUT2D eigenvalue weighted by molar-refractivity contribution is -0.171. The standard InChI is InChI=1S/C32H46N2O4/c1-7-8-9-10-11-16-23-34(30-33-26-20-13-15-22-28(26)36-30)24-17-19-25-18-12-14-21-27(25)37-32(5,6)29(35)38-31(2,3)4/h12-15,18,20-22H,7-11,16-17,19,23-24H2,1-6H3. The Kier molecular flexibility index (Phi) is 10.6. The van der Waals surface area contributed by atoms with Crippen molar-refractivity contribution in [1.82, 2.24) is 4.98 Å². The van der Waals surface area contributed by atoms with Gasteiger partial charge in [0, 0.05) is 13.1 Å². The van der Waals surface area contributed by atoms with E-state index < -0.39 is 11.2 Å². The number of carbonyl (C=O) groups is 1. The molecule has 2 aromatic carbocycles. The van der Waals surface area contributed by atoms with Crippen LogP contribution in [0.15, 0.2) is 52.9 Å². The highest BCUT2D eigenvalue weighted by molar-refractivity contribution is 5.79. The molecule has 1 heterocycles. The van der Waals surface area contributed by atoms with E-state index in [-0.39, 0.29) is 5.97 Å². The van der Waals surface area contributed by atoms with E-state index in [1.54, 1.807) is 13.8 Å². The summed E-state index contributed by atoms with van der Waals surface area (Å²) in [6, 6.07) is 16.6. The number of aromatic nitrogens is 1. The summed E-state index contributed by atoms with van der Waals surface area (Å²) < 4.78 is 17.9. The topological polar surface area (TPSA) is 64.8 Å². The number of ether oxygens (including phenoxy) is 2. The Morgan fingerprint density at radius 3 is 2.26 bits per heavy atom. The molecule has 3 aromatic rings. The van der Waals surface area contributed by atoms with Crippen molar-refractivity contribution in [2.45, 2.75) is 104 Å². The van der Waals surface area contributed by atoms with Crippen LogP contribution in [-0.2, 0) is 16.0 Å². The fourth-order valence-corrected chi connectivity index (χ4v) is 4.37. The van der Waals surface area contributed by atoms with Crippen LogP contribution in [0.5, 0.6) is 5.75 Å². The van der Waals surface area contributed by atoms with Gasteiger partial charge in [-0.3, -0.25) is 0 Å². The van der Waals surface area contributed by atoms with Crippen molar-refractivity contribution in [3.05, 3.63) is 54.1 Å². The second-order valence-corrected chi connectivity index (χ2v) is 11.5. The molecule has 38 heavy (non-hydrogen) atoms. The van der Waals surface area contributed by atoms with Gasteiger partial charge in [0.1, 0.15) is 16.9 Å². The zero-order valence-corrected chi connectivity index (χ0v) is 24.2. The zero-order valence-electron chi connectivity index (χ0n) is 24.2. The molecule has 0 amide bonds. The lowest BCUT2D eigenvalue weighted by Crippen LogP contribution is -2.43. The van der Waals surface area contributed by atoms with E-state index in [0.717, 1.165) is 49.0 Å². The number of anilines is 1. The lowest BCUT2D eigenvalue weighted by atomic mass is 10.1. The van der Waals surface area contributed by atoms with Crippen LogP contribution in [0.1, 0.15) is 92.1 Å². The third-order valence-corrected chi connectivity index (χ3v) is 6.44. The molecule has 0 aliphatic heterocycles. The molecular weight excluding hydrogens is 476 g/mol. The average Bonchev–Trinajstić information content (AvgIpc) is 3.29. The second kappa shape index (κ2) is 13.7. The highest BCUT2D eigenvalue weighted by atomic mass is 16.6. The highest BCUT2D eigenvalue weighted by Gasteiger charge is 2.35. The number of benzene rings is 2. The van der Waals surface area contributed by atoms with Crippen LogP contribution in [0.4, 0.5) is 6.01 Å². The van der Waals surface area contributed by atoms with E-state index in [2.05, 4.69) is 17.9 Å². The van der Waals surface area contributed by atoms with Crippen molar-refractivity contribution >= 4 is 23.1 Å². The summed E-state index contributed by atoms with van der Waals surface area (Å²) >= 11 is 0. The van der Waals surface area contributed by atoms with Crippen molar-refractivity contribution in [1.29, 1.82) is 0 Å². The van der Waals surface area contributed by atoms with Crippen molar-refractivity contribution < 1.29 is 18.7 Å². The monoisotopic (exact) mass is 522 g/mol. The van der Waals surface area contributed by atoms with E-state index in [9.17, 15) is 4.79 Å². The molecule has 208 valence electrons. The van der Waals surface area contributed by atoms with Gasteiger partial charge in [-0.05, 0) is 77.6 Å². The van der Waals surface area contributed by atoms with E-state index >= 15 is 0 Å². The third kappa shape index (κ3) is 9.07. The maximum Gasteiger partial charge on any atom is 0.350 e. The number of rotatable bonds is 15. The summed E-state index contributed by atoms with van der Waals surface area (Å²) in [5.74, 6) is 0.341. The molecule has 0 spiro atoms. The molecule has 0 bridgehead atoms. The van der Waals surface area contributed by atoms with E-state index in [0.29, 0.717) is 11.8 Å². The minimum absolute atomic E-state index is 0.374. The summed E-state index contributed by atoms with van der Waals surface area (Å²) in [5, 5.41) is 0. The molecule has 0 fully saturated rings. The summed E-state index contributed by atoms with van der Waals surface area (Å²) in [6.45, 7) is 13.1. The number of hydrogen-bond donors (Lipinski definition) is 0. The molecule has 6 heteroatoms. The summed E-state index contributed by atoms with van der Waals surface area (Å²) in [5.41, 5.74) is 1.12. The number of unbranched alkanes of at least 4 members (excludes halogenated alkanes) is 5. The van der Waals surface area contributed by atoms with Crippen molar-refractivity contribution in [2.24, 2.45) is 0 Å². The Balaban J connectivity index is 1.65. The first kappa shape index (κ1) is 29.5.